The number of nitrogens with one attached hydrogen (secondary N) is 1. The van der Waals surface area contributed by atoms with Crippen molar-refractivity contribution in [2.45, 2.75) is 19.8 Å². The molecule has 0 radical (unpaired) electrons. The number of rotatable bonds is 6. The van der Waals surface area contributed by atoms with Crippen LogP contribution in [0.1, 0.15) is 35.1 Å². The lowest BCUT2D eigenvalue weighted by atomic mass is 10.2. The van der Waals surface area contributed by atoms with Crippen LogP contribution in [0.2, 0.25) is 0 Å². The molecule has 1 aromatic heterocycles. The topological polar surface area (TPSA) is 81.2 Å². The van der Waals surface area contributed by atoms with Crippen LogP contribution in [0.3, 0.4) is 0 Å². The van der Waals surface area contributed by atoms with E-state index in [0.717, 1.165) is 11.3 Å². The molecular weight excluding hydrogens is 290 g/mol. The van der Waals surface area contributed by atoms with Crippen molar-refractivity contribution < 1.29 is 14.3 Å². The Morgan fingerprint density at radius 2 is 2.05 bits per heavy atom. The van der Waals surface area contributed by atoms with E-state index in [1.165, 1.54) is 11.3 Å². The smallest absolute Gasteiger partial charge is 0.264 e. The average molecular weight is 305 g/mol. The lowest BCUT2D eigenvalue weighted by Gasteiger charge is -2.05. The second kappa shape index (κ2) is 6.94. The molecule has 1 amide bonds. The van der Waals surface area contributed by atoms with Gasteiger partial charge < -0.3 is 4.74 Å². The Kier molecular flexibility index (Phi) is 4.99. The summed E-state index contributed by atoms with van der Waals surface area (Å²) in [5.74, 6) is 0.498. The van der Waals surface area contributed by atoms with Gasteiger partial charge in [-0.2, -0.15) is 0 Å². The van der Waals surface area contributed by atoms with E-state index in [0.29, 0.717) is 16.4 Å². The molecule has 0 aliphatic heterocycles. The van der Waals surface area contributed by atoms with E-state index < -0.39 is 0 Å². The van der Waals surface area contributed by atoms with Gasteiger partial charge in [0, 0.05) is 11.5 Å². The summed E-state index contributed by atoms with van der Waals surface area (Å²) in [7, 11) is 0. The third-order valence-electron chi connectivity index (χ3n) is 2.57. The number of hydrogen-bond acceptors (Lipinski definition) is 6. The number of aromatic nitrogens is 2. The van der Waals surface area contributed by atoms with E-state index >= 15 is 0 Å². The van der Waals surface area contributed by atoms with Crippen molar-refractivity contribution in [2.75, 3.05) is 11.9 Å². The van der Waals surface area contributed by atoms with E-state index in [4.69, 9.17) is 4.74 Å². The zero-order chi connectivity index (χ0) is 15.2. The number of aldehydes is 1. The van der Waals surface area contributed by atoms with Crippen LogP contribution in [0.25, 0.3) is 0 Å². The van der Waals surface area contributed by atoms with E-state index in [9.17, 15) is 9.59 Å². The molecule has 1 aromatic carbocycles. The Morgan fingerprint density at radius 1 is 1.33 bits per heavy atom. The van der Waals surface area contributed by atoms with Crippen LogP contribution in [-0.2, 0) is 4.79 Å². The van der Waals surface area contributed by atoms with Gasteiger partial charge >= 0.3 is 0 Å². The predicted octanol–water partition coefficient (Wildman–Crippen LogP) is 2.49. The molecule has 2 rings (SSSR count). The van der Waals surface area contributed by atoms with Crippen LogP contribution >= 0.6 is 11.3 Å². The molecule has 0 fully saturated rings. The largest absolute Gasteiger partial charge is 0.484 e. The van der Waals surface area contributed by atoms with Gasteiger partial charge in [-0.25, -0.2) is 0 Å². The normalized spacial score (nSPS) is 10.4. The molecule has 21 heavy (non-hydrogen) atoms. The van der Waals surface area contributed by atoms with E-state index in [1.54, 1.807) is 24.3 Å². The Hall–Kier alpha value is -2.28. The highest BCUT2D eigenvalue weighted by Gasteiger charge is 2.10. The van der Waals surface area contributed by atoms with Crippen molar-refractivity contribution in [2.24, 2.45) is 0 Å². The lowest BCUT2D eigenvalue weighted by Crippen LogP contribution is -2.20. The minimum atomic E-state index is -0.305. The van der Waals surface area contributed by atoms with E-state index in [1.807, 2.05) is 13.8 Å². The monoisotopic (exact) mass is 305 g/mol. The molecule has 0 aliphatic carbocycles. The summed E-state index contributed by atoms with van der Waals surface area (Å²) in [4.78, 5) is 22.3. The number of carbonyl (C=O) groups is 2. The number of benzene rings is 1. The fourth-order valence-corrected chi connectivity index (χ4v) is 2.23. The van der Waals surface area contributed by atoms with Crippen molar-refractivity contribution >= 4 is 28.7 Å². The third kappa shape index (κ3) is 4.35. The van der Waals surface area contributed by atoms with Gasteiger partial charge in [-0.05, 0) is 24.3 Å². The molecule has 0 atom stereocenters. The summed E-state index contributed by atoms with van der Waals surface area (Å²) in [5, 5.41) is 11.9. The molecule has 110 valence electrons. The first kappa shape index (κ1) is 15.1. The zero-order valence-corrected chi connectivity index (χ0v) is 12.5. The van der Waals surface area contributed by atoms with Gasteiger partial charge in [-0.1, -0.05) is 25.2 Å². The molecular formula is C14H15N3O3S. The number of nitrogens with zero attached hydrogens (tertiary/aromatic N) is 2. The number of ether oxygens (including phenoxy) is 1. The molecule has 6 nitrogen and oxygen atoms in total. The molecule has 1 heterocycles. The van der Waals surface area contributed by atoms with Crippen molar-refractivity contribution in [3.63, 3.8) is 0 Å². The number of hydrogen-bond donors (Lipinski definition) is 1. The van der Waals surface area contributed by atoms with Gasteiger partial charge in [0.25, 0.3) is 5.91 Å². The maximum absolute atomic E-state index is 11.7. The standard InChI is InChI=1S/C14H15N3O3S/c1-9(2)13-16-17-14(21-13)15-12(19)8-20-11-5-3-10(7-18)4-6-11/h3-7,9H,8H2,1-2H3,(H,15,17,19). The van der Waals surface area contributed by atoms with Crippen LogP contribution in [0.5, 0.6) is 5.75 Å². The zero-order valence-electron chi connectivity index (χ0n) is 11.7. The summed E-state index contributed by atoms with van der Waals surface area (Å²) in [6.07, 6.45) is 0.748. The number of amides is 1. The van der Waals surface area contributed by atoms with Gasteiger partial charge in [0.05, 0.1) is 0 Å². The maximum Gasteiger partial charge on any atom is 0.264 e. The fraction of sp³-hybridized carbons (Fsp3) is 0.286. The summed E-state index contributed by atoms with van der Waals surface area (Å²) in [6, 6.07) is 6.53. The fourth-order valence-electron chi connectivity index (χ4n) is 1.47. The SMILES string of the molecule is CC(C)c1nnc(NC(=O)COc2ccc(C=O)cc2)s1. The highest BCUT2D eigenvalue weighted by atomic mass is 32.1. The Bertz CT molecular complexity index is 623. The van der Waals surface area contributed by atoms with Crippen LogP contribution in [-0.4, -0.2) is 29.0 Å². The van der Waals surface area contributed by atoms with Gasteiger partial charge in [-0.3, -0.25) is 14.9 Å². The first-order chi connectivity index (χ1) is 10.1. The quantitative estimate of drug-likeness (QED) is 0.829. The predicted molar refractivity (Wildman–Crippen MR) is 80.0 cm³/mol. The molecule has 0 saturated heterocycles. The van der Waals surface area contributed by atoms with Gasteiger partial charge in [0.2, 0.25) is 5.13 Å². The van der Waals surface area contributed by atoms with Crippen LogP contribution < -0.4 is 10.1 Å². The number of carbonyl (C=O) groups excluding carboxylic acids is 2. The highest BCUT2D eigenvalue weighted by molar-refractivity contribution is 7.15. The number of anilines is 1. The molecule has 2 aromatic rings. The molecule has 0 saturated carbocycles. The summed E-state index contributed by atoms with van der Waals surface area (Å²) >= 11 is 1.35. The minimum absolute atomic E-state index is 0.128. The van der Waals surface area contributed by atoms with Gasteiger partial charge in [-0.15, -0.1) is 10.2 Å². The third-order valence-corrected chi connectivity index (χ3v) is 3.71. The van der Waals surface area contributed by atoms with Gasteiger partial charge in [0.15, 0.2) is 6.61 Å². The summed E-state index contributed by atoms with van der Waals surface area (Å²) < 4.78 is 5.32. The van der Waals surface area contributed by atoms with E-state index in [2.05, 4.69) is 15.5 Å². The first-order valence-corrected chi connectivity index (χ1v) is 7.21. The maximum atomic E-state index is 11.7. The van der Waals surface area contributed by atoms with Crippen LogP contribution in [0.15, 0.2) is 24.3 Å². The van der Waals surface area contributed by atoms with E-state index in [-0.39, 0.29) is 18.4 Å². The lowest BCUT2D eigenvalue weighted by molar-refractivity contribution is -0.118. The summed E-state index contributed by atoms with van der Waals surface area (Å²) in [6.45, 7) is 3.90. The van der Waals surface area contributed by atoms with Crippen molar-refractivity contribution in [3.05, 3.63) is 34.8 Å². The molecule has 1 N–H and O–H groups in total. The summed E-state index contributed by atoms with van der Waals surface area (Å²) in [5.41, 5.74) is 0.557. The minimum Gasteiger partial charge on any atom is -0.484 e. The molecule has 7 heteroatoms. The Labute approximate surface area is 126 Å². The Balaban J connectivity index is 1.84. The second-order valence-electron chi connectivity index (χ2n) is 4.62. The second-order valence-corrected chi connectivity index (χ2v) is 5.63. The van der Waals surface area contributed by atoms with Crippen molar-refractivity contribution in [3.8, 4) is 5.75 Å². The van der Waals surface area contributed by atoms with Gasteiger partial charge in [0.1, 0.15) is 17.0 Å². The average Bonchev–Trinajstić information content (AvgIpc) is 2.94. The molecule has 0 aliphatic rings. The van der Waals surface area contributed by atoms with Crippen molar-refractivity contribution in [1.82, 2.24) is 10.2 Å². The first-order valence-electron chi connectivity index (χ1n) is 6.40. The molecule has 0 bridgehead atoms. The molecule has 0 spiro atoms. The van der Waals surface area contributed by atoms with Crippen LogP contribution in [0.4, 0.5) is 5.13 Å². The highest BCUT2D eigenvalue weighted by Crippen LogP contribution is 2.22. The van der Waals surface area contributed by atoms with Crippen molar-refractivity contribution in [1.29, 1.82) is 0 Å². The molecule has 0 unspecified atom stereocenters. The Morgan fingerprint density at radius 3 is 2.62 bits per heavy atom. The van der Waals surface area contributed by atoms with Crippen LogP contribution in [0, 0.1) is 0 Å².